The van der Waals surface area contributed by atoms with Crippen LogP contribution >= 0.6 is 0 Å². The molecule has 7 nitrogen and oxygen atoms in total. The van der Waals surface area contributed by atoms with Crippen molar-refractivity contribution >= 4 is 27.6 Å². The average molecular weight is 497 g/mol. The van der Waals surface area contributed by atoms with Crippen molar-refractivity contribution in [1.82, 2.24) is 5.32 Å². The second-order valence-electron chi connectivity index (χ2n) is 9.46. The topological polar surface area (TPSA) is 92.8 Å². The quantitative estimate of drug-likeness (QED) is 0.394. The van der Waals surface area contributed by atoms with E-state index in [4.69, 9.17) is 4.74 Å². The number of benzene rings is 2. The maximum absolute atomic E-state index is 13.3. The molecular weight excluding hydrogens is 464 g/mol. The minimum Gasteiger partial charge on any atom is -0.452 e. The van der Waals surface area contributed by atoms with Gasteiger partial charge in [0, 0.05) is 6.04 Å². The third-order valence-corrected chi connectivity index (χ3v) is 8.94. The Morgan fingerprint density at radius 2 is 1.91 bits per heavy atom. The van der Waals surface area contributed by atoms with Crippen LogP contribution in [0.1, 0.15) is 43.0 Å². The molecule has 0 aromatic heterocycles. The Morgan fingerprint density at radius 1 is 1.14 bits per heavy atom. The van der Waals surface area contributed by atoms with Gasteiger partial charge in [0.15, 0.2) is 6.61 Å². The summed E-state index contributed by atoms with van der Waals surface area (Å²) in [6, 6.07) is 14.4. The summed E-state index contributed by atoms with van der Waals surface area (Å²) in [5, 5.41) is 2.97. The molecule has 2 aromatic carbocycles. The average Bonchev–Trinajstić information content (AvgIpc) is 3.50. The van der Waals surface area contributed by atoms with Gasteiger partial charge >= 0.3 is 5.97 Å². The molecule has 2 aliphatic rings. The molecule has 186 valence electrons. The minimum atomic E-state index is -3.96. The van der Waals surface area contributed by atoms with Gasteiger partial charge in [0.25, 0.3) is 15.9 Å². The van der Waals surface area contributed by atoms with Crippen LogP contribution in [0.25, 0.3) is 0 Å². The Hall–Kier alpha value is -3.13. The van der Waals surface area contributed by atoms with E-state index >= 15 is 0 Å². The zero-order chi connectivity index (χ0) is 25.0. The molecule has 4 atom stereocenters. The molecule has 35 heavy (non-hydrogen) atoms. The van der Waals surface area contributed by atoms with Crippen molar-refractivity contribution in [2.45, 2.75) is 43.5 Å². The van der Waals surface area contributed by atoms with E-state index in [-0.39, 0.29) is 29.0 Å². The van der Waals surface area contributed by atoms with E-state index in [1.54, 1.807) is 30.3 Å². The third-order valence-electron chi connectivity index (χ3n) is 7.15. The van der Waals surface area contributed by atoms with Crippen LogP contribution in [0.3, 0.4) is 0 Å². The fraction of sp³-hybridized carbons (Fsp3) is 0.407. The minimum absolute atomic E-state index is 0.0406. The van der Waals surface area contributed by atoms with Crippen LogP contribution in [0.4, 0.5) is 5.69 Å². The van der Waals surface area contributed by atoms with Crippen molar-refractivity contribution in [3.63, 3.8) is 0 Å². The van der Waals surface area contributed by atoms with Gasteiger partial charge in [-0.2, -0.15) is 0 Å². The van der Waals surface area contributed by atoms with Crippen LogP contribution < -0.4 is 9.62 Å². The molecule has 8 heteroatoms. The third kappa shape index (κ3) is 5.59. The highest BCUT2D eigenvalue weighted by atomic mass is 32.2. The van der Waals surface area contributed by atoms with Crippen LogP contribution in [-0.4, -0.2) is 39.5 Å². The van der Waals surface area contributed by atoms with E-state index in [0.717, 1.165) is 12.3 Å². The predicted molar refractivity (Wildman–Crippen MR) is 134 cm³/mol. The summed E-state index contributed by atoms with van der Waals surface area (Å²) in [4.78, 5) is 25.0. The summed E-state index contributed by atoms with van der Waals surface area (Å²) < 4.78 is 33.1. The lowest BCUT2D eigenvalue weighted by molar-refractivity contribution is -0.125. The summed E-state index contributed by atoms with van der Waals surface area (Å²) >= 11 is 0. The highest BCUT2D eigenvalue weighted by molar-refractivity contribution is 7.92. The molecule has 0 saturated heterocycles. The number of hydrogen-bond acceptors (Lipinski definition) is 5. The van der Waals surface area contributed by atoms with Gasteiger partial charge in [-0.15, -0.1) is 6.58 Å². The second kappa shape index (κ2) is 10.6. The summed E-state index contributed by atoms with van der Waals surface area (Å²) in [6.45, 7) is 5.34. The molecule has 2 aromatic rings. The van der Waals surface area contributed by atoms with E-state index in [9.17, 15) is 18.0 Å². The maximum Gasteiger partial charge on any atom is 0.338 e. The van der Waals surface area contributed by atoms with E-state index < -0.39 is 22.6 Å². The molecule has 0 heterocycles. The highest BCUT2D eigenvalue weighted by Gasteiger charge is 2.42. The van der Waals surface area contributed by atoms with Crippen molar-refractivity contribution < 1.29 is 22.7 Å². The van der Waals surface area contributed by atoms with Crippen LogP contribution in [-0.2, 0) is 19.6 Å². The van der Waals surface area contributed by atoms with E-state index in [1.165, 1.54) is 53.9 Å². The van der Waals surface area contributed by atoms with Gasteiger partial charge in [-0.3, -0.25) is 9.10 Å². The van der Waals surface area contributed by atoms with Crippen molar-refractivity contribution in [2.75, 3.05) is 17.5 Å². The Bertz CT molecular complexity index is 1180. The molecule has 1 N–H and O–H groups in total. The van der Waals surface area contributed by atoms with Gasteiger partial charge in [0.1, 0.15) is 0 Å². The Kier molecular flexibility index (Phi) is 7.60. The molecule has 2 bridgehead atoms. The normalized spacial score (nSPS) is 21.8. The van der Waals surface area contributed by atoms with Gasteiger partial charge < -0.3 is 10.1 Å². The number of rotatable bonds is 10. The molecule has 2 saturated carbocycles. The first-order valence-electron chi connectivity index (χ1n) is 12.0. The van der Waals surface area contributed by atoms with Crippen molar-refractivity contribution in [1.29, 1.82) is 0 Å². The second-order valence-corrected chi connectivity index (χ2v) is 11.3. The lowest BCUT2D eigenvalue weighted by atomic mass is 9.84. The molecule has 0 spiro atoms. The standard InChI is InChI=1S/C27H32N2O5S/c1-3-14-29(23-9-5-4-6-10-23)35(32,33)24-11-7-8-22(17-24)27(31)34-18-26(30)28-19(2)25-16-20-12-13-21(25)15-20/h3-11,17,19-21,25H,1,12-16,18H2,2H3,(H,28,30). The number of nitrogens with one attached hydrogen (secondary N) is 1. The van der Waals surface area contributed by atoms with Crippen LogP contribution in [0.2, 0.25) is 0 Å². The van der Waals surface area contributed by atoms with Crippen molar-refractivity contribution in [2.24, 2.45) is 17.8 Å². The predicted octanol–water partition coefficient (Wildman–Crippen LogP) is 4.17. The first kappa shape index (κ1) is 25.0. The first-order chi connectivity index (χ1) is 16.8. The lowest BCUT2D eigenvalue weighted by Crippen LogP contribution is -2.42. The Labute approximate surface area is 207 Å². The molecular formula is C27H32N2O5S. The number of esters is 1. The number of carbonyl (C=O) groups excluding carboxylic acids is 2. The number of hydrogen-bond donors (Lipinski definition) is 1. The van der Waals surface area contributed by atoms with Gasteiger partial charge in [0.05, 0.1) is 22.7 Å². The summed E-state index contributed by atoms with van der Waals surface area (Å²) in [5.41, 5.74) is 0.549. The first-order valence-corrected chi connectivity index (χ1v) is 13.5. The maximum atomic E-state index is 13.3. The number of ether oxygens (including phenoxy) is 1. The van der Waals surface area contributed by atoms with Crippen LogP contribution in [0.5, 0.6) is 0 Å². The molecule has 2 aliphatic carbocycles. The molecule has 4 rings (SSSR count). The molecule has 1 amide bonds. The van der Waals surface area contributed by atoms with Gasteiger partial charge in [0.2, 0.25) is 0 Å². The largest absolute Gasteiger partial charge is 0.452 e. The van der Waals surface area contributed by atoms with E-state index in [1.807, 2.05) is 6.92 Å². The fourth-order valence-electron chi connectivity index (χ4n) is 5.49. The van der Waals surface area contributed by atoms with Gasteiger partial charge in [-0.25, -0.2) is 13.2 Å². The smallest absolute Gasteiger partial charge is 0.338 e. The summed E-state index contributed by atoms with van der Waals surface area (Å²) in [6.07, 6.45) is 6.44. The number of anilines is 1. The van der Waals surface area contributed by atoms with Crippen LogP contribution in [0, 0.1) is 17.8 Å². The number of fused-ring (bicyclic) bond motifs is 2. The van der Waals surface area contributed by atoms with Gasteiger partial charge in [-0.1, -0.05) is 36.8 Å². The Morgan fingerprint density at radius 3 is 2.57 bits per heavy atom. The fourth-order valence-corrected chi connectivity index (χ4v) is 6.97. The van der Waals surface area contributed by atoms with Gasteiger partial charge in [-0.05, 0) is 74.3 Å². The number of amides is 1. The highest BCUT2D eigenvalue weighted by Crippen LogP contribution is 2.49. The SMILES string of the molecule is C=CCN(c1ccccc1)S(=O)(=O)c1cccc(C(=O)OCC(=O)NC(C)C2CC3CCC2C3)c1. The lowest BCUT2D eigenvalue weighted by Gasteiger charge is -2.28. The number of sulfonamides is 1. The van der Waals surface area contributed by atoms with Crippen molar-refractivity contribution in [3.05, 3.63) is 72.8 Å². The molecule has 4 unspecified atom stereocenters. The zero-order valence-corrected chi connectivity index (χ0v) is 20.7. The Balaban J connectivity index is 1.39. The summed E-state index contributed by atoms with van der Waals surface area (Å²) in [5.74, 6) is 0.853. The van der Waals surface area contributed by atoms with Crippen LogP contribution in [0.15, 0.2) is 72.1 Å². The van der Waals surface area contributed by atoms with Crippen molar-refractivity contribution in [3.8, 4) is 0 Å². The monoisotopic (exact) mass is 496 g/mol. The number of nitrogens with zero attached hydrogens (tertiary/aromatic N) is 1. The molecule has 2 fully saturated rings. The zero-order valence-electron chi connectivity index (χ0n) is 19.9. The summed E-state index contributed by atoms with van der Waals surface area (Å²) in [7, 11) is -3.96. The van der Waals surface area contributed by atoms with E-state index in [0.29, 0.717) is 17.5 Å². The molecule has 0 aliphatic heterocycles. The van der Waals surface area contributed by atoms with E-state index in [2.05, 4.69) is 11.9 Å². The molecule has 0 radical (unpaired) electrons. The number of para-hydroxylation sites is 1. The number of carbonyl (C=O) groups is 2.